The van der Waals surface area contributed by atoms with E-state index in [2.05, 4.69) is 6.92 Å². The van der Waals surface area contributed by atoms with Crippen LogP contribution >= 0.6 is 11.8 Å². The molecule has 0 N–H and O–H groups in total. The number of benzene rings is 2. The van der Waals surface area contributed by atoms with Gasteiger partial charge >= 0.3 is 0 Å². The Morgan fingerprint density at radius 2 is 1.81 bits per heavy atom. The zero-order valence-corrected chi connectivity index (χ0v) is 13.7. The van der Waals surface area contributed by atoms with Gasteiger partial charge in [-0.05, 0) is 61.1 Å². The summed E-state index contributed by atoms with van der Waals surface area (Å²) in [6, 6.07) is 11.7. The second-order valence-electron chi connectivity index (χ2n) is 4.95. The first-order chi connectivity index (χ1) is 10.1. The number of carbonyl (C=O) groups is 1. The molecule has 0 spiro atoms. The lowest BCUT2D eigenvalue weighted by Crippen LogP contribution is -2.07. The number of ether oxygens (including phenoxy) is 1. The van der Waals surface area contributed by atoms with Gasteiger partial charge in [0, 0.05) is 10.5 Å². The van der Waals surface area contributed by atoms with Crippen molar-refractivity contribution < 1.29 is 9.53 Å². The van der Waals surface area contributed by atoms with Crippen LogP contribution in [0, 0.1) is 13.8 Å². The molecule has 3 heteroatoms. The molecule has 0 saturated heterocycles. The van der Waals surface area contributed by atoms with Gasteiger partial charge in [-0.3, -0.25) is 4.79 Å². The molecule has 0 heterocycles. The van der Waals surface area contributed by atoms with Crippen LogP contribution in [0.2, 0.25) is 0 Å². The number of thioether (sulfide) groups is 1. The molecule has 0 unspecified atom stereocenters. The molecule has 0 aliphatic carbocycles. The van der Waals surface area contributed by atoms with E-state index in [9.17, 15) is 4.79 Å². The van der Waals surface area contributed by atoms with Gasteiger partial charge in [-0.15, -0.1) is 11.8 Å². The van der Waals surface area contributed by atoms with Gasteiger partial charge < -0.3 is 4.74 Å². The van der Waals surface area contributed by atoms with Crippen molar-refractivity contribution in [2.24, 2.45) is 0 Å². The molecule has 2 nitrogen and oxygen atoms in total. The Hall–Kier alpha value is -1.74. The molecule has 110 valence electrons. The lowest BCUT2D eigenvalue weighted by atomic mass is 9.96. The van der Waals surface area contributed by atoms with Gasteiger partial charge in [-0.25, -0.2) is 0 Å². The summed E-state index contributed by atoms with van der Waals surface area (Å²) in [6.45, 7) is 6.06. The van der Waals surface area contributed by atoms with Gasteiger partial charge in [-0.1, -0.05) is 13.0 Å². The van der Waals surface area contributed by atoms with Crippen molar-refractivity contribution in [2.75, 3.05) is 12.9 Å². The van der Waals surface area contributed by atoms with Crippen LogP contribution < -0.4 is 4.74 Å². The Morgan fingerprint density at radius 1 is 1.14 bits per heavy atom. The van der Waals surface area contributed by atoms with E-state index in [1.165, 1.54) is 4.90 Å². The maximum absolute atomic E-state index is 12.7. The number of methoxy groups -OCH3 is 1. The fourth-order valence-electron chi connectivity index (χ4n) is 2.39. The van der Waals surface area contributed by atoms with Gasteiger partial charge in [0.1, 0.15) is 5.75 Å². The SMILES string of the molecule is CCSc1ccc(C(=O)c2c(C)cc(C)cc2OC)cc1. The van der Waals surface area contributed by atoms with E-state index in [4.69, 9.17) is 4.74 Å². The van der Waals surface area contributed by atoms with E-state index >= 15 is 0 Å². The van der Waals surface area contributed by atoms with E-state index in [1.807, 2.05) is 50.2 Å². The fraction of sp³-hybridized carbons (Fsp3) is 0.278. The molecule has 0 amide bonds. The molecule has 21 heavy (non-hydrogen) atoms. The highest BCUT2D eigenvalue weighted by molar-refractivity contribution is 7.99. The average Bonchev–Trinajstić information content (AvgIpc) is 2.47. The summed E-state index contributed by atoms with van der Waals surface area (Å²) in [6.07, 6.45) is 0. The van der Waals surface area contributed by atoms with Crippen LogP contribution in [-0.2, 0) is 0 Å². The Kier molecular flexibility index (Phi) is 5.07. The molecular formula is C18H20O2S. The van der Waals surface area contributed by atoms with Crippen LogP contribution in [0.5, 0.6) is 5.75 Å². The Labute approximate surface area is 130 Å². The quantitative estimate of drug-likeness (QED) is 0.593. The van der Waals surface area contributed by atoms with Gasteiger partial charge in [0.15, 0.2) is 5.78 Å². The molecule has 0 fully saturated rings. The predicted octanol–water partition coefficient (Wildman–Crippen LogP) is 4.66. The normalized spacial score (nSPS) is 10.5. The Balaban J connectivity index is 2.40. The number of carbonyl (C=O) groups excluding carboxylic acids is 1. The molecule has 2 rings (SSSR count). The zero-order valence-electron chi connectivity index (χ0n) is 12.9. The molecule has 0 aliphatic rings. The second kappa shape index (κ2) is 6.81. The zero-order chi connectivity index (χ0) is 15.4. The monoisotopic (exact) mass is 300 g/mol. The topological polar surface area (TPSA) is 26.3 Å². The number of rotatable bonds is 5. The highest BCUT2D eigenvalue weighted by atomic mass is 32.2. The van der Waals surface area contributed by atoms with Crippen LogP contribution in [0.25, 0.3) is 0 Å². The highest BCUT2D eigenvalue weighted by Gasteiger charge is 2.17. The molecule has 2 aromatic rings. The summed E-state index contributed by atoms with van der Waals surface area (Å²) in [4.78, 5) is 13.9. The first-order valence-electron chi connectivity index (χ1n) is 6.99. The lowest BCUT2D eigenvalue weighted by molar-refractivity contribution is 0.103. The van der Waals surface area contributed by atoms with Crippen LogP contribution in [-0.4, -0.2) is 18.6 Å². The summed E-state index contributed by atoms with van der Waals surface area (Å²) in [5, 5.41) is 0. The van der Waals surface area contributed by atoms with Crippen molar-refractivity contribution in [3.05, 3.63) is 58.7 Å². The first-order valence-corrected chi connectivity index (χ1v) is 7.98. The molecule has 0 aliphatic heterocycles. The van der Waals surface area contributed by atoms with Crippen molar-refractivity contribution in [1.29, 1.82) is 0 Å². The van der Waals surface area contributed by atoms with Crippen LogP contribution in [0.4, 0.5) is 0 Å². The molecule has 0 bridgehead atoms. The molecular weight excluding hydrogens is 280 g/mol. The summed E-state index contributed by atoms with van der Waals surface area (Å²) in [7, 11) is 1.60. The van der Waals surface area contributed by atoms with Gasteiger partial charge in [0.05, 0.1) is 12.7 Å². The maximum Gasteiger partial charge on any atom is 0.197 e. The van der Waals surface area contributed by atoms with Crippen molar-refractivity contribution in [1.82, 2.24) is 0 Å². The van der Waals surface area contributed by atoms with Crippen molar-refractivity contribution in [2.45, 2.75) is 25.7 Å². The lowest BCUT2D eigenvalue weighted by Gasteiger charge is -2.12. The molecule has 2 aromatic carbocycles. The number of hydrogen-bond donors (Lipinski definition) is 0. The number of hydrogen-bond acceptors (Lipinski definition) is 3. The van der Waals surface area contributed by atoms with E-state index in [0.717, 1.165) is 16.9 Å². The summed E-state index contributed by atoms with van der Waals surface area (Å²) in [5.74, 6) is 1.68. The first kappa shape index (κ1) is 15.6. The van der Waals surface area contributed by atoms with Gasteiger partial charge in [0.25, 0.3) is 0 Å². The number of aryl methyl sites for hydroxylation is 2. The summed E-state index contributed by atoms with van der Waals surface area (Å²) < 4.78 is 5.39. The van der Waals surface area contributed by atoms with Gasteiger partial charge in [-0.2, -0.15) is 0 Å². The second-order valence-corrected chi connectivity index (χ2v) is 6.28. The third-order valence-corrected chi connectivity index (χ3v) is 4.21. The van der Waals surface area contributed by atoms with Crippen molar-refractivity contribution in [3.63, 3.8) is 0 Å². The minimum atomic E-state index is 0.0115. The van der Waals surface area contributed by atoms with E-state index in [1.54, 1.807) is 18.9 Å². The fourth-order valence-corrected chi connectivity index (χ4v) is 3.06. The van der Waals surface area contributed by atoms with E-state index in [-0.39, 0.29) is 5.78 Å². The largest absolute Gasteiger partial charge is 0.496 e. The predicted molar refractivity (Wildman–Crippen MR) is 88.7 cm³/mol. The van der Waals surface area contributed by atoms with Crippen LogP contribution in [0.15, 0.2) is 41.3 Å². The molecule has 0 aromatic heterocycles. The molecule has 0 radical (unpaired) electrons. The van der Waals surface area contributed by atoms with Gasteiger partial charge in [0.2, 0.25) is 0 Å². The van der Waals surface area contributed by atoms with Crippen molar-refractivity contribution >= 4 is 17.5 Å². The van der Waals surface area contributed by atoms with E-state index in [0.29, 0.717) is 16.9 Å². The third kappa shape index (κ3) is 3.48. The van der Waals surface area contributed by atoms with Crippen LogP contribution in [0.1, 0.15) is 34.0 Å². The smallest absolute Gasteiger partial charge is 0.197 e. The Morgan fingerprint density at radius 3 is 2.38 bits per heavy atom. The summed E-state index contributed by atoms with van der Waals surface area (Å²) >= 11 is 1.77. The summed E-state index contributed by atoms with van der Waals surface area (Å²) in [5.41, 5.74) is 3.39. The van der Waals surface area contributed by atoms with E-state index < -0.39 is 0 Å². The highest BCUT2D eigenvalue weighted by Crippen LogP contribution is 2.27. The van der Waals surface area contributed by atoms with Crippen LogP contribution in [0.3, 0.4) is 0 Å². The van der Waals surface area contributed by atoms with Crippen molar-refractivity contribution in [3.8, 4) is 5.75 Å². The average molecular weight is 300 g/mol. The minimum Gasteiger partial charge on any atom is -0.496 e. The third-order valence-electron chi connectivity index (χ3n) is 3.32. The molecule has 0 atom stereocenters. The minimum absolute atomic E-state index is 0.0115. The number of ketones is 1. The maximum atomic E-state index is 12.7. The standard InChI is InChI=1S/C18H20O2S/c1-5-21-15-8-6-14(7-9-15)18(19)17-13(3)10-12(2)11-16(17)20-4/h6-11H,5H2,1-4H3. The Bertz CT molecular complexity index is 645. The molecule has 0 saturated carbocycles.